The normalized spacial score (nSPS) is 22.8. The Morgan fingerprint density at radius 3 is 1.90 bits per heavy atom. The zero-order valence-corrected chi connectivity index (χ0v) is 14.2. The Labute approximate surface area is 138 Å². The van der Waals surface area contributed by atoms with Gasteiger partial charge in [0.2, 0.25) is 0 Å². The van der Waals surface area contributed by atoms with Crippen molar-refractivity contribution in [3.63, 3.8) is 0 Å². The van der Waals surface area contributed by atoms with Crippen molar-refractivity contribution in [2.24, 2.45) is 0 Å². The molecular formula is C15H8S5. The maximum atomic E-state index is 5.36. The van der Waals surface area contributed by atoms with E-state index in [9.17, 15) is 0 Å². The zero-order valence-electron chi connectivity index (χ0n) is 10.2. The fourth-order valence-corrected chi connectivity index (χ4v) is 10.1. The molecule has 0 saturated carbocycles. The lowest BCUT2D eigenvalue weighted by Crippen LogP contribution is -2.01. The molecule has 2 aliphatic rings. The minimum atomic E-state index is 0.550. The molecule has 0 N–H and O–H groups in total. The van der Waals surface area contributed by atoms with Crippen LogP contribution in [0, 0.1) is 3.14 Å². The van der Waals surface area contributed by atoms with Crippen LogP contribution in [0.5, 0.6) is 0 Å². The predicted octanol–water partition coefficient (Wildman–Crippen LogP) is 6.69. The van der Waals surface area contributed by atoms with Crippen LogP contribution in [-0.4, -0.2) is 0 Å². The first-order valence-electron chi connectivity index (χ1n) is 6.30. The van der Waals surface area contributed by atoms with Crippen LogP contribution in [0.25, 0.3) is 10.8 Å². The highest BCUT2D eigenvalue weighted by molar-refractivity contribution is 8.08. The summed E-state index contributed by atoms with van der Waals surface area (Å²) >= 11 is 13.0. The van der Waals surface area contributed by atoms with Crippen molar-refractivity contribution < 1.29 is 0 Å². The van der Waals surface area contributed by atoms with Gasteiger partial charge in [0.25, 0.3) is 0 Å². The predicted molar refractivity (Wildman–Crippen MR) is 94.2 cm³/mol. The lowest BCUT2D eigenvalue weighted by Gasteiger charge is -2.25. The zero-order chi connectivity index (χ0) is 13.3. The van der Waals surface area contributed by atoms with E-state index in [0.29, 0.717) is 10.5 Å². The molecule has 0 spiro atoms. The standard InChI is InChI=1S/C15H8S5/c16-15-19-13-14(20-15)18-12-9-6-2-4-7-3-1-5-8(10(7)9)11(12)17-13/h1-6,11-12H/t11-,12-/m0/s1. The highest BCUT2D eigenvalue weighted by atomic mass is 32.2. The molecule has 1 aromatic heterocycles. The number of fused-ring (bicyclic) bond motifs is 4. The molecule has 0 amide bonds. The smallest absolute Gasteiger partial charge is 0.105 e. The number of benzene rings is 2. The fourth-order valence-electron chi connectivity index (χ4n) is 3.08. The second-order valence-electron chi connectivity index (χ2n) is 4.90. The van der Waals surface area contributed by atoms with E-state index in [1.165, 1.54) is 30.3 Å². The number of thioether (sulfide) groups is 2. The van der Waals surface area contributed by atoms with Crippen LogP contribution >= 0.6 is 58.4 Å². The minimum absolute atomic E-state index is 0.550. The Morgan fingerprint density at radius 1 is 0.800 bits per heavy atom. The Morgan fingerprint density at radius 2 is 1.35 bits per heavy atom. The second kappa shape index (κ2) is 4.34. The Hall–Kier alpha value is -0.330. The molecule has 5 rings (SSSR count). The highest BCUT2D eigenvalue weighted by Gasteiger charge is 2.40. The van der Waals surface area contributed by atoms with Crippen molar-refractivity contribution in [2.45, 2.75) is 18.9 Å². The summed E-state index contributed by atoms with van der Waals surface area (Å²) in [6.07, 6.45) is 0. The first-order valence-corrected chi connectivity index (χ1v) is 10.1. The molecule has 1 aliphatic heterocycles. The molecule has 2 aromatic carbocycles. The molecule has 0 fully saturated rings. The van der Waals surface area contributed by atoms with Gasteiger partial charge in [-0.2, -0.15) is 0 Å². The van der Waals surface area contributed by atoms with Crippen LogP contribution < -0.4 is 0 Å². The molecular weight excluding hydrogens is 341 g/mol. The van der Waals surface area contributed by atoms with Gasteiger partial charge in [-0.05, 0) is 21.9 Å². The monoisotopic (exact) mass is 348 g/mol. The van der Waals surface area contributed by atoms with Crippen LogP contribution in [0.4, 0.5) is 0 Å². The van der Waals surface area contributed by atoms with Crippen LogP contribution in [0.1, 0.15) is 21.6 Å². The quantitative estimate of drug-likeness (QED) is 0.416. The summed E-state index contributed by atoms with van der Waals surface area (Å²) in [6, 6.07) is 13.5. The second-order valence-corrected chi connectivity index (χ2v) is 10.9. The van der Waals surface area contributed by atoms with E-state index < -0.39 is 0 Å². The van der Waals surface area contributed by atoms with E-state index in [1.807, 2.05) is 23.5 Å². The summed E-state index contributed by atoms with van der Waals surface area (Å²) < 4.78 is 3.91. The first kappa shape index (κ1) is 12.2. The molecule has 0 saturated heterocycles. The molecule has 3 aromatic rings. The van der Waals surface area contributed by atoms with E-state index >= 15 is 0 Å². The van der Waals surface area contributed by atoms with Crippen molar-refractivity contribution in [2.75, 3.05) is 0 Å². The third-order valence-corrected chi connectivity index (χ3v) is 10.1. The van der Waals surface area contributed by atoms with E-state index in [0.717, 1.165) is 3.14 Å². The molecule has 1 aliphatic carbocycles. The van der Waals surface area contributed by atoms with Gasteiger partial charge in [-0.3, -0.25) is 0 Å². The van der Waals surface area contributed by atoms with E-state index in [2.05, 4.69) is 36.4 Å². The number of hydrogen-bond acceptors (Lipinski definition) is 5. The van der Waals surface area contributed by atoms with Gasteiger partial charge in [-0.15, -0.1) is 46.2 Å². The van der Waals surface area contributed by atoms with E-state index in [4.69, 9.17) is 12.2 Å². The molecule has 98 valence electrons. The van der Waals surface area contributed by atoms with Crippen LogP contribution in [0.2, 0.25) is 0 Å². The molecule has 0 radical (unpaired) electrons. The van der Waals surface area contributed by atoms with Crippen LogP contribution in [0.15, 0.2) is 44.8 Å². The minimum Gasteiger partial charge on any atom is -0.105 e. The summed E-state index contributed by atoms with van der Waals surface area (Å²) in [4.78, 5) is 0. The number of rotatable bonds is 0. The molecule has 0 bridgehead atoms. The lowest BCUT2D eigenvalue weighted by atomic mass is 10.1. The SMILES string of the molecule is S=c1sc2c(s1)S[C@H]1c3cccc4cccc(c34)[C@@H]1S2. The number of hydrogen-bond donors (Lipinski definition) is 0. The summed E-state index contributed by atoms with van der Waals surface area (Å²) in [7, 11) is 0. The van der Waals surface area contributed by atoms with Gasteiger partial charge >= 0.3 is 0 Å². The van der Waals surface area contributed by atoms with Crippen LogP contribution in [0.3, 0.4) is 0 Å². The molecule has 2 atom stereocenters. The van der Waals surface area contributed by atoms with Crippen molar-refractivity contribution in [1.29, 1.82) is 0 Å². The average Bonchev–Trinajstić information content (AvgIpc) is 2.97. The van der Waals surface area contributed by atoms with Gasteiger partial charge in [0.1, 0.15) is 3.14 Å². The van der Waals surface area contributed by atoms with Gasteiger partial charge < -0.3 is 0 Å². The molecule has 2 heterocycles. The Kier molecular flexibility index (Phi) is 2.65. The molecule has 5 heteroatoms. The summed E-state index contributed by atoms with van der Waals surface area (Å²) in [5, 5.41) is 3.97. The van der Waals surface area contributed by atoms with Gasteiger partial charge in [0.05, 0.1) is 18.9 Å². The van der Waals surface area contributed by atoms with Crippen molar-refractivity contribution >= 4 is 69.2 Å². The van der Waals surface area contributed by atoms with Crippen molar-refractivity contribution in [1.82, 2.24) is 0 Å². The summed E-state index contributed by atoms with van der Waals surface area (Å²) in [6.45, 7) is 0. The van der Waals surface area contributed by atoms with Crippen molar-refractivity contribution in [3.05, 3.63) is 50.7 Å². The Balaban J connectivity index is 1.78. The highest BCUT2D eigenvalue weighted by Crippen LogP contribution is 2.66. The van der Waals surface area contributed by atoms with Gasteiger partial charge in [-0.1, -0.05) is 48.6 Å². The fraction of sp³-hybridized carbons (Fsp3) is 0.133. The molecule has 0 nitrogen and oxygen atoms in total. The lowest BCUT2D eigenvalue weighted by molar-refractivity contribution is 0.951. The third kappa shape index (κ3) is 1.58. The topological polar surface area (TPSA) is 0 Å². The van der Waals surface area contributed by atoms with Gasteiger partial charge in [-0.25, -0.2) is 0 Å². The van der Waals surface area contributed by atoms with Gasteiger partial charge in [0.15, 0.2) is 0 Å². The molecule has 20 heavy (non-hydrogen) atoms. The Bertz CT molecular complexity index is 837. The maximum Gasteiger partial charge on any atom is 0.145 e. The van der Waals surface area contributed by atoms with Gasteiger partial charge in [0, 0.05) is 0 Å². The summed E-state index contributed by atoms with van der Waals surface area (Å²) in [5.41, 5.74) is 3.02. The largest absolute Gasteiger partial charge is 0.145 e. The van der Waals surface area contributed by atoms with Crippen molar-refractivity contribution in [3.8, 4) is 0 Å². The molecule has 0 unspecified atom stereocenters. The third-order valence-electron chi connectivity index (χ3n) is 3.84. The van der Waals surface area contributed by atoms with E-state index in [1.54, 1.807) is 22.7 Å². The van der Waals surface area contributed by atoms with Crippen LogP contribution in [-0.2, 0) is 0 Å². The average molecular weight is 349 g/mol. The maximum absolute atomic E-state index is 5.36. The first-order chi connectivity index (χ1) is 9.81. The summed E-state index contributed by atoms with van der Waals surface area (Å²) in [5.74, 6) is 0. The van der Waals surface area contributed by atoms with E-state index in [-0.39, 0.29) is 0 Å².